The van der Waals surface area contributed by atoms with Crippen molar-refractivity contribution in [3.63, 3.8) is 0 Å². The largest absolute Gasteiger partial charge is 0.480 e. The Morgan fingerprint density at radius 1 is 1.45 bits per heavy atom. The van der Waals surface area contributed by atoms with Crippen LogP contribution in [0, 0.1) is 11.6 Å². The average Bonchev–Trinajstić information content (AvgIpc) is 2.83. The summed E-state index contributed by atoms with van der Waals surface area (Å²) in [5.41, 5.74) is 0.958. The van der Waals surface area contributed by atoms with Crippen molar-refractivity contribution in [1.82, 2.24) is 15.1 Å². The fraction of sp³-hybridized carbons (Fsp3) is 0.333. The van der Waals surface area contributed by atoms with E-state index in [1.807, 2.05) is 0 Å². The third kappa shape index (κ3) is 3.48. The molecule has 1 atom stereocenters. The van der Waals surface area contributed by atoms with Crippen LogP contribution < -0.4 is 5.32 Å². The smallest absolute Gasteiger partial charge is 0.320 e. The number of hydrogen-bond acceptors (Lipinski definition) is 3. The third-order valence-corrected chi connectivity index (χ3v) is 3.33. The van der Waals surface area contributed by atoms with Crippen LogP contribution in [0.4, 0.5) is 8.78 Å². The van der Waals surface area contributed by atoms with Crippen LogP contribution >= 0.6 is 0 Å². The van der Waals surface area contributed by atoms with Crippen LogP contribution in [0.15, 0.2) is 24.4 Å². The molecule has 0 amide bonds. The molecule has 0 unspecified atom stereocenters. The van der Waals surface area contributed by atoms with Crippen LogP contribution in [0.5, 0.6) is 0 Å². The van der Waals surface area contributed by atoms with Crippen molar-refractivity contribution in [3.05, 3.63) is 41.6 Å². The van der Waals surface area contributed by atoms with Crippen LogP contribution in [-0.4, -0.2) is 26.9 Å². The second-order valence-electron chi connectivity index (χ2n) is 4.98. The van der Waals surface area contributed by atoms with Crippen molar-refractivity contribution in [2.45, 2.75) is 25.9 Å². The van der Waals surface area contributed by atoms with Gasteiger partial charge in [-0.2, -0.15) is 5.10 Å². The van der Waals surface area contributed by atoms with E-state index in [1.54, 1.807) is 20.2 Å². The van der Waals surface area contributed by atoms with Gasteiger partial charge in [0, 0.05) is 30.9 Å². The molecule has 0 aliphatic rings. The molecule has 0 fully saturated rings. The SMILES string of the molecule is CC[C@@H](NCc1cn(C)nc1-c1cc(F)ccc1F)C(=O)O. The van der Waals surface area contributed by atoms with E-state index >= 15 is 0 Å². The summed E-state index contributed by atoms with van der Waals surface area (Å²) in [5.74, 6) is -2.09. The zero-order valence-electron chi connectivity index (χ0n) is 12.3. The van der Waals surface area contributed by atoms with Gasteiger partial charge in [0.15, 0.2) is 0 Å². The van der Waals surface area contributed by atoms with Crippen LogP contribution in [-0.2, 0) is 18.4 Å². The molecule has 5 nitrogen and oxygen atoms in total. The first-order valence-corrected chi connectivity index (χ1v) is 6.86. The molecule has 2 aromatic rings. The first-order valence-electron chi connectivity index (χ1n) is 6.86. The van der Waals surface area contributed by atoms with E-state index in [2.05, 4.69) is 10.4 Å². The number of nitrogens with zero attached hydrogens (tertiary/aromatic N) is 2. The first-order chi connectivity index (χ1) is 10.4. The van der Waals surface area contributed by atoms with Gasteiger partial charge in [-0.05, 0) is 24.6 Å². The molecule has 118 valence electrons. The Balaban J connectivity index is 2.31. The molecule has 0 bridgehead atoms. The number of carboxylic acid groups (broad SMARTS) is 1. The summed E-state index contributed by atoms with van der Waals surface area (Å²) >= 11 is 0. The summed E-state index contributed by atoms with van der Waals surface area (Å²) in [6.45, 7) is 1.95. The Morgan fingerprint density at radius 2 is 2.18 bits per heavy atom. The van der Waals surface area contributed by atoms with Crippen molar-refractivity contribution in [2.24, 2.45) is 7.05 Å². The van der Waals surface area contributed by atoms with Gasteiger partial charge in [0.2, 0.25) is 0 Å². The number of hydrogen-bond donors (Lipinski definition) is 2. The molecular formula is C15H17F2N3O2. The minimum atomic E-state index is -0.954. The van der Waals surface area contributed by atoms with Crippen LogP contribution in [0.3, 0.4) is 0 Å². The number of carbonyl (C=O) groups is 1. The van der Waals surface area contributed by atoms with Crippen LogP contribution in [0.25, 0.3) is 11.3 Å². The summed E-state index contributed by atoms with van der Waals surface area (Å²) in [4.78, 5) is 11.0. The standard InChI is InChI=1S/C15H17F2N3O2/c1-3-13(15(21)22)18-7-9-8-20(2)19-14(9)11-6-10(16)4-5-12(11)17/h4-6,8,13,18H,3,7H2,1-2H3,(H,21,22)/t13-/m1/s1. The number of halogens is 2. The fourth-order valence-corrected chi connectivity index (χ4v) is 2.21. The number of aromatic nitrogens is 2. The van der Waals surface area contributed by atoms with Gasteiger partial charge < -0.3 is 10.4 Å². The Bertz CT molecular complexity index is 685. The number of benzene rings is 1. The second-order valence-corrected chi connectivity index (χ2v) is 4.98. The van der Waals surface area contributed by atoms with Gasteiger partial charge >= 0.3 is 5.97 Å². The summed E-state index contributed by atoms with van der Waals surface area (Å²) in [7, 11) is 1.67. The molecule has 7 heteroatoms. The van der Waals surface area contributed by atoms with Crippen molar-refractivity contribution in [1.29, 1.82) is 0 Å². The molecule has 0 radical (unpaired) electrons. The lowest BCUT2D eigenvalue weighted by Gasteiger charge is -2.12. The molecule has 2 N–H and O–H groups in total. The van der Waals surface area contributed by atoms with Gasteiger partial charge in [-0.3, -0.25) is 9.48 Å². The lowest BCUT2D eigenvalue weighted by Crippen LogP contribution is -2.35. The predicted octanol–water partition coefficient (Wildman–Crippen LogP) is 2.32. The van der Waals surface area contributed by atoms with E-state index in [0.717, 1.165) is 18.2 Å². The molecule has 1 aromatic carbocycles. The number of rotatable bonds is 6. The van der Waals surface area contributed by atoms with Gasteiger partial charge in [0.1, 0.15) is 17.7 Å². The Kier molecular flexibility index (Phi) is 4.87. The zero-order chi connectivity index (χ0) is 16.3. The highest BCUT2D eigenvalue weighted by molar-refractivity contribution is 5.73. The molecule has 0 saturated carbocycles. The van der Waals surface area contributed by atoms with E-state index in [9.17, 15) is 13.6 Å². The van der Waals surface area contributed by atoms with Crippen molar-refractivity contribution in [2.75, 3.05) is 0 Å². The van der Waals surface area contributed by atoms with Gasteiger partial charge in [-0.15, -0.1) is 0 Å². The predicted molar refractivity (Wildman–Crippen MR) is 77.1 cm³/mol. The molecule has 1 heterocycles. The summed E-state index contributed by atoms with van der Waals surface area (Å²) in [6.07, 6.45) is 2.07. The number of carboxylic acids is 1. The minimum Gasteiger partial charge on any atom is -0.480 e. The number of aliphatic carboxylic acids is 1. The molecule has 0 aliphatic carbocycles. The molecule has 0 aliphatic heterocycles. The van der Waals surface area contributed by atoms with E-state index in [1.165, 1.54) is 4.68 Å². The van der Waals surface area contributed by atoms with Crippen molar-refractivity contribution in [3.8, 4) is 11.3 Å². The lowest BCUT2D eigenvalue weighted by atomic mass is 10.1. The molecule has 0 spiro atoms. The van der Waals surface area contributed by atoms with E-state index < -0.39 is 23.6 Å². The van der Waals surface area contributed by atoms with E-state index in [-0.39, 0.29) is 12.1 Å². The van der Waals surface area contributed by atoms with Crippen LogP contribution in [0.2, 0.25) is 0 Å². The third-order valence-electron chi connectivity index (χ3n) is 3.33. The van der Waals surface area contributed by atoms with E-state index in [0.29, 0.717) is 17.7 Å². The van der Waals surface area contributed by atoms with Crippen LogP contribution in [0.1, 0.15) is 18.9 Å². The highest BCUT2D eigenvalue weighted by Gasteiger charge is 2.18. The Labute approximate surface area is 126 Å². The fourth-order valence-electron chi connectivity index (χ4n) is 2.21. The zero-order valence-corrected chi connectivity index (χ0v) is 12.3. The maximum Gasteiger partial charge on any atom is 0.320 e. The molecule has 2 rings (SSSR count). The number of aryl methyl sites for hydroxylation is 1. The topological polar surface area (TPSA) is 67.2 Å². The summed E-state index contributed by atoms with van der Waals surface area (Å²) in [6, 6.07) is 2.46. The van der Waals surface area contributed by atoms with Gasteiger partial charge in [0.25, 0.3) is 0 Å². The first kappa shape index (κ1) is 16.1. The maximum absolute atomic E-state index is 13.9. The minimum absolute atomic E-state index is 0.0563. The summed E-state index contributed by atoms with van der Waals surface area (Å²) < 4.78 is 28.7. The van der Waals surface area contributed by atoms with E-state index in [4.69, 9.17) is 5.11 Å². The second kappa shape index (κ2) is 6.65. The monoisotopic (exact) mass is 309 g/mol. The molecule has 22 heavy (non-hydrogen) atoms. The van der Waals surface area contributed by atoms with Gasteiger partial charge in [-0.25, -0.2) is 8.78 Å². The molecule has 1 aromatic heterocycles. The molecule has 0 saturated heterocycles. The highest BCUT2D eigenvalue weighted by atomic mass is 19.1. The Morgan fingerprint density at radius 3 is 2.82 bits per heavy atom. The molecular weight excluding hydrogens is 292 g/mol. The van der Waals surface area contributed by atoms with Gasteiger partial charge in [0.05, 0.1) is 5.69 Å². The Hall–Kier alpha value is -2.28. The summed E-state index contributed by atoms with van der Waals surface area (Å²) in [5, 5.41) is 16.1. The maximum atomic E-state index is 13.9. The van der Waals surface area contributed by atoms with Crippen molar-refractivity contribution < 1.29 is 18.7 Å². The van der Waals surface area contributed by atoms with Crippen molar-refractivity contribution >= 4 is 5.97 Å². The lowest BCUT2D eigenvalue weighted by molar-refractivity contribution is -0.139. The quantitative estimate of drug-likeness (QED) is 0.859. The average molecular weight is 309 g/mol. The normalized spacial score (nSPS) is 12.4. The highest BCUT2D eigenvalue weighted by Crippen LogP contribution is 2.25. The van der Waals surface area contributed by atoms with Gasteiger partial charge in [-0.1, -0.05) is 6.92 Å². The number of nitrogens with one attached hydrogen (secondary N) is 1.